The molecule has 5 nitrogen and oxygen atoms in total. The molecule has 3 aromatic rings. The second-order valence-electron chi connectivity index (χ2n) is 7.51. The number of benzene rings is 2. The van der Waals surface area contributed by atoms with Crippen molar-refractivity contribution >= 4 is 11.8 Å². The number of alkyl halides is 6. The van der Waals surface area contributed by atoms with Gasteiger partial charge in [-0.1, -0.05) is 12.1 Å². The molecule has 34 heavy (non-hydrogen) atoms. The second-order valence-corrected chi connectivity index (χ2v) is 7.51. The van der Waals surface area contributed by atoms with Gasteiger partial charge >= 0.3 is 12.4 Å². The lowest BCUT2D eigenvalue weighted by molar-refractivity contribution is -0.139. The Labute approximate surface area is 188 Å². The smallest absolute Gasteiger partial charge is 0.348 e. The molecule has 2 aromatic carbocycles. The Balaban J connectivity index is 1.75. The van der Waals surface area contributed by atoms with E-state index < -0.39 is 41.1 Å². The van der Waals surface area contributed by atoms with Gasteiger partial charge in [0.15, 0.2) is 0 Å². The van der Waals surface area contributed by atoms with E-state index in [1.807, 2.05) is 0 Å². The third kappa shape index (κ3) is 4.59. The molecule has 4 rings (SSSR count). The summed E-state index contributed by atoms with van der Waals surface area (Å²) in [6.07, 6.45) is -8.37. The molecule has 1 aliphatic heterocycles. The summed E-state index contributed by atoms with van der Waals surface area (Å²) in [6.45, 7) is 0.191. The van der Waals surface area contributed by atoms with Crippen LogP contribution >= 0.6 is 0 Å². The fraction of sp³-hybridized carbons (Fsp3) is 0.174. The van der Waals surface area contributed by atoms with Gasteiger partial charge in [0, 0.05) is 23.9 Å². The molecule has 0 unspecified atom stereocenters. The number of pyridine rings is 1. The molecule has 0 saturated heterocycles. The molecule has 0 aliphatic carbocycles. The quantitative estimate of drug-likeness (QED) is 0.524. The van der Waals surface area contributed by atoms with Crippen molar-refractivity contribution in [2.24, 2.45) is 0 Å². The van der Waals surface area contributed by atoms with E-state index in [9.17, 15) is 35.9 Å². The van der Waals surface area contributed by atoms with Gasteiger partial charge in [0.25, 0.3) is 11.8 Å². The number of fused-ring (bicyclic) bond motifs is 1. The number of nitrogens with zero attached hydrogens (tertiary/aromatic N) is 1. The maximum Gasteiger partial charge on any atom is 0.418 e. The zero-order chi connectivity index (χ0) is 24.7. The van der Waals surface area contributed by atoms with Gasteiger partial charge in [-0.3, -0.25) is 14.6 Å². The molecule has 176 valence electrons. The first-order chi connectivity index (χ1) is 15.9. The Bertz CT molecular complexity index is 1250. The minimum Gasteiger partial charge on any atom is -0.348 e. The highest BCUT2D eigenvalue weighted by Crippen LogP contribution is 2.36. The lowest BCUT2D eigenvalue weighted by Gasteiger charge is -2.23. The molecular formula is C23H15F6N3O2. The highest BCUT2D eigenvalue weighted by molar-refractivity contribution is 6.01. The van der Waals surface area contributed by atoms with Gasteiger partial charge in [0.05, 0.1) is 22.9 Å². The molecule has 1 aliphatic rings. The fourth-order valence-electron chi connectivity index (χ4n) is 3.65. The van der Waals surface area contributed by atoms with Crippen molar-refractivity contribution in [2.75, 3.05) is 0 Å². The van der Waals surface area contributed by atoms with E-state index in [1.165, 1.54) is 18.2 Å². The normalized spacial score (nSPS) is 14.4. The van der Waals surface area contributed by atoms with Crippen LogP contribution in [0.5, 0.6) is 0 Å². The van der Waals surface area contributed by atoms with Crippen molar-refractivity contribution in [3.8, 4) is 0 Å². The Morgan fingerprint density at radius 1 is 0.971 bits per heavy atom. The van der Waals surface area contributed by atoms with Crippen molar-refractivity contribution < 1.29 is 35.9 Å². The number of carbonyl (C=O) groups excluding carboxylic acids is 2. The van der Waals surface area contributed by atoms with Gasteiger partial charge in [-0.15, -0.1) is 0 Å². The standard InChI is InChI=1S/C23H15F6N3O2/c24-22(25,26)15-6-3-12(4-7-15)18(19-17(23(27,28)29)2-1-9-30-19)32-20(33)13-5-8-16-14(10-13)11-31-21(16)34/h1-10,18H,11H2,(H,31,34)(H,32,33)/t18-/m0/s1. The molecular weight excluding hydrogens is 464 g/mol. The van der Waals surface area contributed by atoms with E-state index in [0.717, 1.165) is 42.6 Å². The first-order valence-electron chi connectivity index (χ1n) is 9.86. The third-order valence-corrected chi connectivity index (χ3v) is 5.32. The van der Waals surface area contributed by atoms with Crippen LogP contribution in [0.1, 0.15) is 54.7 Å². The van der Waals surface area contributed by atoms with Crippen molar-refractivity contribution in [1.29, 1.82) is 0 Å². The van der Waals surface area contributed by atoms with E-state index in [2.05, 4.69) is 15.6 Å². The third-order valence-electron chi connectivity index (χ3n) is 5.32. The van der Waals surface area contributed by atoms with Crippen molar-refractivity contribution in [2.45, 2.75) is 24.9 Å². The summed E-state index contributed by atoms with van der Waals surface area (Å²) in [5.41, 5.74) is -1.74. The molecule has 0 saturated carbocycles. The van der Waals surface area contributed by atoms with Crippen LogP contribution < -0.4 is 10.6 Å². The van der Waals surface area contributed by atoms with E-state index in [0.29, 0.717) is 11.1 Å². The summed E-state index contributed by atoms with van der Waals surface area (Å²) in [5, 5.41) is 5.04. The maximum absolute atomic E-state index is 13.7. The molecule has 1 atom stereocenters. The molecule has 0 bridgehead atoms. The summed E-state index contributed by atoms with van der Waals surface area (Å²) >= 11 is 0. The molecule has 0 radical (unpaired) electrons. The molecule has 1 aromatic heterocycles. The first-order valence-corrected chi connectivity index (χ1v) is 9.86. The largest absolute Gasteiger partial charge is 0.418 e. The Hall–Kier alpha value is -3.89. The summed E-state index contributed by atoms with van der Waals surface area (Å²) in [4.78, 5) is 28.5. The summed E-state index contributed by atoms with van der Waals surface area (Å²) in [6, 6.07) is 7.96. The minimum absolute atomic E-state index is 0.0245. The Morgan fingerprint density at radius 3 is 2.32 bits per heavy atom. The number of aromatic nitrogens is 1. The van der Waals surface area contributed by atoms with Crippen molar-refractivity contribution in [3.05, 3.63) is 99.9 Å². The van der Waals surface area contributed by atoms with Crippen molar-refractivity contribution in [1.82, 2.24) is 15.6 Å². The van der Waals surface area contributed by atoms with E-state index in [-0.39, 0.29) is 23.6 Å². The molecule has 11 heteroatoms. The Kier molecular flexibility index (Phi) is 5.80. The van der Waals surface area contributed by atoms with Crippen LogP contribution in [0.2, 0.25) is 0 Å². The van der Waals surface area contributed by atoms with Gasteiger partial charge < -0.3 is 10.6 Å². The predicted octanol–water partition coefficient (Wildman–Crippen LogP) is 4.88. The number of hydrogen-bond acceptors (Lipinski definition) is 3. The lowest BCUT2D eigenvalue weighted by atomic mass is 9.97. The van der Waals surface area contributed by atoms with E-state index in [1.54, 1.807) is 0 Å². The highest BCUT2D eigenvalue weighted by Gasteiger charge is 2.37. The number of rotatable bonds is 4. The average molecular weight is 479 g/mol. The zero-order valence-electron chi connectivity index (χ0n) is 17.1. The number of carbonyl (C=O) groups is 2. The predicted molar refractivity (Wildman–Crippen MR) is 108 cm³/mol. The van der Waals surface area contributed by atoms with E-state index in [4.69, 9.17) is 0 Å². The number of amides is 2. The van der Waals surface area contributed by atoms with Crippen LogP contribution in [-0.2, 0) is 18.9 Å². The van der Waals surface area contributed by atoms with Gasteiger partial charge in [-0.05, 0) is 53.6 Å². The topological polar surface area (TPSA) is 71.1 Å². The highest BCUT2D eigenvalue weighted by atomic mass is 19.4. The average Bonchev–Trinajstić information content (AvgIpc) is 3.16. The summed E-state index contributed by atoms with van der Waals surface area (Å²) in [5.74, 6) is -1.10. The maximum atomic E-state index is 13.7. The monoisotopic (exact) mass is 479 g/mol. The molecule has 2 amide bonds. The second kappa shape index (κ2) is 8.47. The van der Waals surface area contributed by atoms with Gasteiger partial charge in [0.2, 0.25) is 0 Å². The van der Waals surface area contributed by atoms with Crippen LogP contribution in [0.15, 0.2) is 60.8 Å². The van der Waals surface area contributed by atoms with Gasteiger partial charge in [0.1, 0.15) is 0 Å². The fourth-order valence-corrected chi connectivity index (χ4v) is 3.65. The molecule has 0 fully saturated rings. The Morgan fingerprint density at radius 2 is 1.68 bits per heavy atom. The van der Waals surface area contributed by atoms with Crippen molar-refractivity contribution in [3.63, 3.8) is 0 Å². The van der Waals surface area contributed by atoms with Crippen LogP contribution in [0.25, 0.3) is 0 Å². The zero-order valence-corrected chi connectivity index (χ0v) is 17.1. The first kappa shape index (κ1) is 23.3. The minimum atomic E-state index is -4.82. The van der Waals surface area contributed by atoms with Crippen LogP contribution in [-0.4, -0.2) is 16.8 Å². The van der Waals surface area contributed by atoms with Gasteiger partial charge in [-0.2, -0.15) is 26.3 Å². The number of halogens is 6. The number of hydrogen-bond donors (Lipinski definition) is 2. The van der Waals surface area contributed by atoms with Crippen LogP contribution in [0.4, 0.5) is 26.3 Å². The summed E-state index contributed by atoms with van der Waals surface area (Å²) in [7, 11) is 0. The van der Waals surface area contributed by atoms with Gasteiger partial charge in [-0.25, -0.2) is 0 Å². The van der Waals surface area contributed by atoms with E-state index >= 15 is 0 Å². The summed E-state index contributed by atoms with van der Waals surface area (Å²) < 4.78 is 79.9. The lowest BCUT2D eigenvalue weighted by Crippen LogP contribution is -2.31. The SMILES string of the molecule is O=C(N[C@@H](c1ccc(C(F)(F)F)cc1)c1ncccc1C(F)(F)F)c1ccc2c(c1)CNC2=O. The van der Waals surface area contributed by atoms with Crippen LogP contribution in [0, 0.1) is 0 Å². The molecule has 2 N–H and O–H groups in total. The molecule has 2 heterocycles. The molecule has 0 spiro atoms. The van der Waals surface area contributed by atoms with Crippen LogP contribution in [0.3, 0.4) is 0 Å². The number of nitrogens with one attached hydrogen (secondary N) is 2.